The zero-order valence-corrected chi connectivity index (χ0v) is 27.1. The molecule has 3 aromatic rings. The van der Waals surface area contributed by atoms with E-state index < -0.39 is 36.1 Å². The summed E-state index contributed by atoms with van der Waals surface area (Å²) >= 11 is -1.37. The molecule has 0 saturated carbocycles. The van der Waals surface area contributed by atoms with Gasteiger partial charge in [-0.05, 0) is 90.8 Å². The normalized spacial score (nSPS) is 13.4. The van der Waals surface area contributed by atoms with Gasteiger partial charge in [-0.15, -0.1) is 0 Å². The van der Waals surface area contributed by atoms with Gasteiger partial charge in [0.2, 0.25) is 0 Å². The van der Waals surface area contributed by atoms with Crippen molar-refractivity contribution in [3.8, 4) is 11.5 Å². The number of benzene rings is 3. The molecular weight excluding hydrogens is 621 g/mol. The Morgan fingerprint density at radius 1 is 0.739 bits per heavy atom. The average Bonchev–Trinajstić information content (AvgIpc) is 3.03. The fraction of sp³-hybridized carbons (Fsp3) is 0.444. The highest BCUT2D eigenvalue weighted by molar-refractivity contribution is 7.91. The van der Waals surface area contributed by atoms with Crippen LogP contribution in [0.3, 0.4) is 0 Å². The van der Waals surface area contributed by atoms with Gasteiger partial charge < -0.3 is 19.7 Å². The molecule has 0 spiro atoms. The van der Waals surface area contributed by atoms with Crippen molar-refractivity contribution in [2.75, 3.05) is 31.2 Å². The van der Waals surface area contributed by atoms with E-state index in [1.54, 1.807) is 12.1 Å². The Hall–Kier alpha value is -3.08. The number of phenolic OH excluding ortho intramolecular Hbond substituents is 1. The number of phenols is 1. The van der Waals surface area contributed by atoms with Crippen molar-refractivity contribution in [3.05, 3.63) is 95.6 Å². The van der Waals surface area contributed by atoms with Crippen LogP contribution in [0.2, 0.25) is 0 Å². The average molecular weight is 666 g/mol. The van der Waals surface area contributed by atoms with E-state index in [2.05, 4.69) is 36.5 Å². The van der Waals surface area contributed by atoms with Crippen molar-refractivity contribution in [2.24, 2.45) is 0 Å². The minimum absolute atomic E-state index is 0.131. The van der Waals surface area contributed by atoms with Crippen LogP contribution in [-0.2, 0) is 11.2 Å². The molecule has 1 unspecified atom stereocenters. The molecule has 0 aliphatic carbocycles. The Morgan fingerprint density at radius 3 is 1.96 bits per heavy atom. The summed E-state index contributed by atoms with van der Waals surface area (Å²) in [7, 11) is 0. The fourth-order valence-corrected chi connectivity index (χ4v) is 6.33. The minimum atomic E-state index is -5.55. The largest absolute Gasteiger partial charge is 0.616 e. The molecule has 0 aliphatic heterocycles. The van der Waals surface area contributed by atoms with Crippen LogP contribution in [-0.4, -0.2) is 53.0 Å². The predicted molar refractivity (Wildman–Crippen MR) is 177 cm³/mol. The maximum Gasteiger partial charge on any atom is 0.453 e. The number of aromatic hydroxyl groups is 1. The van der Waals surface area contributed by atoms with E-state index >= 15 is 0 Å². The van der Waals surface area contributed by atoms with Crippen LogP contribution in [0.1, 0.15) is 75.0 Å². The topological polar surface area (TPSA) is 64.5 Å². The first-order valence-electron chi connectivity index (χ1n) is 15.8. The van der Waals surface area contributed by atoms with Crippen LogP contribution in [0.5, 0.6) is 11.5 Å². The molecule has 0 saturated heterocycles. The zero-order valence-electron chi connectivity index (χ0n) is 26.3. The van der Waals surface area contributed by atoms with Crippen molar-refractivity contribution in [3.63, 3.8) is 0 Å². The summed E-state index contributed by atoms with van der Waals surface area (Å²) < 4.78 is 80.2. The van der Waals surface area contributed by atoms with Crippen LogP contribution < -0.4 is 10.1 Å². The van der Waals surface area contributed by atoms with E-state index in [0.29, 0.717) is 25.3 Å². The molecule has 0 aliphatic rings. The molecule has 46 heavy (non-hydrogen) atoms. The first-order valence-corrected chi connectivity index (χ1v) is 17.3. The number of unbranched alkanes of at least 4 members (excludes halogenated alkanes) is 4. The van der Waals surface area contributed by atoms with Crippen molar-refractivity contribution >= 4 is 22.3 Å². The highest BCUT2D eigenvalue weighted by Gasteiger charge is 2.56. The second kappa shape index (κ2) is 18.9. The van der Waals surface area contributed by atoms with E-state index in [4.69, 9.17) is 4.74 Å². The van der Waals surface area contributed by atoms with Crippen LogP contribution in [0.4, 0.5) is 22.0 Å². The summed E-state index contributed by atoms with van der Waals surface area (Å²) in [5.74, 6) is -3.52. The quantitative estimate of drug-likeness (QED) is 0.0547. The van der Waals surface area contributed by atoms with E-state index in [1.165, 1.54) is 5.57 Å². The Kier molecular flexibility index (Phi) is 15.4. The molecule has 1 atom stereocenters. The lowest BCUT2D eigenvalue weighted by atomic mass is 9.88. The lowest BCUT2D eigenvalue weighted by Crippen LogP contribution is -2.36. The Morgan fingerprint density at radius 2 is 1.33 bits per heavy atom. The van der Waals surface area contributed by atoms with Crippen LogP contribution >= 0.6 is 0 Å². The van der Waals surface area contributed by atoms with Gasteiger partial charge in [-0.1, -0.05) is 85.5 Å². The van der Waals surface area contributed by atoms with Gasteiger partial charge in [-0.25, -0.2) is 0 Å². The summed E-state index contributed by atoms with van der Waals surface area (Å²) in [4.78, 5) is 0. The highest BCUT2D eigenvalue weighted by Crippen LogP contribution is 2.39. The second-order valence-electron chi connectivity index (χ2n) is 11.2. The summed E-state index contributed by atoms with van der Waals surface area (Å²) in [6, 6.07) is 25.6. The molecule has 0 fully saturated rings. The number of nitrogens with one attached hydrogen (secondary N) is 1. The molecule has 3 rings (SSSR count). The summed E-state index contributed by atoms with van der Waals surface area (Å²) in [6.07, 6.45) is -2.03. The SMILES string of the molecule is CC/C(=C(/c1ccc(O)cc1)c1ccc(OCCNCCCCCCC[S+]([O-])CCCC(F)(F)C(F)(F)F)cc1)c1ccccc1. The van der Waals surface area contributed by atoms with E-state index in [9.17, 15) is 31.6 Å². The zero-order chi connectivity index (χ0) is 33.4. The third-order valence-corrected chi connectivity index (χ3v) is 9.12. The van der Waals surface area contributed by atoms with Gasteiger partial charge in [0.1, 0.15) is 29.6 Å². The van der Waals surface area contributed by atoms with E-state index in [0.717, 1.165) is 66.7 Å². The number of hydrogen-bond donors (Lipinski definition) is 2. The van der Waals surface area contributed by atoms with Crippen LogP contribution in [0.25, 0.3) is 11.1 Å². The monoisotopic (exact) mass is 665 g/mol. The molecule has 0 aromatic heterocycles. The first kappa shape index (κ1) is 37.4. The molecule has 10 heteroatoms. The van der Waals surface area contributed by atoms with Gasteiger partial charge in [-0.3, -0.25) is 0 Å². The second-order valence-corrected chi connectivity index (χ2v) is 12.9. The molecule has 0 radical (unpaired) electrons. The fourth-order valence-electron chi connectivity index (χ4n) is 5.13. The van der Waals surface area contributed by atoms with Crippen LogP contribution in [0.15, 0.2) is 78.9 Å². The van der Waals surface area contributed by atoms with E-state index in [1.807, 2.05) is 42.5 Å². The lowest BCUT2D eigenvalue weighted by molar-refractivity contribution is -0.284. The van der Waals surface area contributed by atoms with Crippen molar-refractivity contribution in [2.45, 2.75) is 70.4 Å². The van der Waals surface area contributed by atoms with Gasteiger partial charge in [0.15, 0.2) is 0 Å². The van der Waals surface area contributed by atoms with Crippen molar-refractivity contribution < 1.29 is 36.3 Å². The number of hydrogen-bond acceptors (Lipinski definition) is 4. The summed E-state index contributed by atoms with van der Waals surface area (Å²) in [5, 5.41) is 13.2. The third kappa shape index (κ3) is 12.3. The standard InChI is InChI=1S/C36H44F5NO3S/c1-2-33(28-12-7-6-8-13-28)34(29-14-18-31(43)19-15-29)30-16-20-32(21-17-30)45-25-24-42-23-9-4-3-5-10-26-46(44)27-11-22-35(37,38)36(39,40)41/h6-8,12-21,42-43H,2-5,9-11,22-27H2,1H3/b34-33+. The van der Waals surface area contributed by atoms with E-state index in [-0.39, 0.29) is 11.5 Å². The Labute approximate surface area is 272 Å². The Bertz CT molecular complexity index is 1320. The number of rotatable bonds is 20. The van der Waals surface area contributed by atoms with Gasteiger partial charge in [0, 0.05) is 13.0 Å². The number of alkyl halides is 5. The van der Waals surface area contributed by atoms with Gasteiger partial charge >= 0.3 is 12.1 Å². The first-order chi connectivity index (χ1) is 22.0. The molecule has 2 N–H and O–H groups in total. The molecular formula is C36H44F5NO3S. The summed E-state index contributed by atoms with van der Waals surface area (Å²) in [5.41, 5.74) is 5.58. The van der Waals surface area contributed by atoms with Gasteiger partial charge in [0.05, 0.1) is 0 Å². The number of halogens is 5. The van der Waals surface area contributed by atoms with Crippen LogP contribution in [0, 0.1) is 0 Å². The molecule has 0 amide bonds. The van der Waals surface area contributed by atoms with Crippen molar-refractivity contribution in [1.29, 1.82) is 0 Å². The lowest BCUT2D eigenvalue weighted by Gasteiger charge is -2.19. The maximum absolute atomic E-state index is 12.9. The predicted octanol–water partition coefficient (Wildman–Crippen LogP) is 9.41. The smallest absolute Gasteiger partial charge is 0.453 e. The molecule has 0 bridgehead atoms. The minimum Gasteiger partial charge on any atom is -0.616 e. The van der Waals surface area contributed by atoms with Gasteiger partial charge in [0.25, 0.3) is 0 Å². The number of allylic oxidation sites excluding steroid dienone is 1. The molecule has 4 nitrogen and oxygen atoms in total. The highest BCUT2D eigenvalue weighted by atomic mass is 32.2. The molecule has 3 aromatic carbocycles. The van der Waals surface area contributed by atoms with Crippen molar-refractivity contribution in [1.82, 2.24) is 5.32 Å². The molecule has 0 heterocycles. The third-order valence-electron chi connectivity index (χ3n) is 7.63. The Balaban J connectivity index is 1.33. The maximum atomic E-state index is 12.9. The molecule has 252 valence electrons. The van der Waals surface area contributed by atoms with Gasteiger partial charge in [-0.2, -0.15) is 22.0 Å². The summed E-state index contributed by atoms with van der Waals surface area (Å²) in [6.45, 7) is 4.19. The number of ether oxygens (including phenoxy) is 1.